The smallest absolute Gasteiger partial charge is 0.407 e. The molecule has 1 amide bonds. The third kappa shape index (κ3) is 5.85. The van der Waals surface area contributed by atoms with Gasteiger partial charge in [0.2, 0.25) is 0 Å². The van der Waals surface area contributed by atoms with Gasteiger partial charge in [0, 0.05) is 17.4 Å². The summed E-state index contributed by atoms with van der Waals surface area (Å²) in [7, 11) is 1.30. The molecule has 1 N–H and O–H groups in total. The van der Waals surface area contributed by atoms with E-state index < -0.39 is 34.5 Å². The van der Waals surface area contributed by atoms with E-state index in [1.54, 1.807) is 39.0 Å². The molecule has 148 valence electrons. The maximum absolute atomic E-state index is 12.1. The van der Waals surface area contributed by atoms with E-state index in [-0.39, 0.29) is 10.9 Å². The van der Waals surface area contributed by atoms with Crippen molar-refractivity contribution in [2.45, 2.75) is 55.4 Å². The second-order valence-corrected chi connectivity index (χ2v) is 8.66. The number of para-hydroxylation sites is 1. The second kappa shape index (κ2) is 8.60. The highest BCUT2D eigenvalue weighted by Crippen LogP contribution is 2.41. The molecule has 1 aliphatic rings. The molecule has 27 heavy (non-hydrogen) atoms. The number of carbonyl (C=O) groups excluding carboxylic acids is 2. The number of hydrogen-bond acceptors (Lipinski definition) is 7. The standard InChI is InChI=1S/C18H24N2O6S/c1-18(2,3)26-17(22)19-13-10-11(9-12(13)16(21)25-4)27-15-8-6-5-7-14(15)20(23)24/h5-8,11-13H,9-10H2,1-4H3,(H,19,22)/t11?,12-,13+/m1/s1. The monoisotopic (exact) mass is 396 g/mol. The molecule has 1 saturated carbocycles. The Morgan fingerprint density at radius 2 is 1.93 bits per heavy atom. The van der Waals surface area contributed by atoms with Crippen molar-refractivity contribution in [1.29, 1.82) is 0 Å². The second-order valence-electron chi connectivity index (χ2n) is 7.32. The van der Waals surface area contributed by atoms with Crippen LogP contribution in [0.1, 0.15) is 33.6 Å². The van der Waals surface area contributed by atoms with Gasteiger partial charge in [-0.25, -0.2) is 4.79 Å². The molecule has 1 aromatic rings. The van der Waals surface area contributed by atoms with Crippen LogP contribution in [0, 0.1) is 16.0 Å². The molecule has 0 radical (unpaired) electrons. The number of nitrogens with zero attached hydrogens (tertiary/aromatic N) is 1. The van der Waals surface area contributed by atoms with Gasteiger partial charge in [-0.1, -0.05) is 12.1 Å². The first-order valence-corrected chi connectivity index (χ1v) is 9.46. The summed E-state index contributed by atoms with van der Waals surface area (Å²) in [5.74, 6) is -0.940. The van der Waals surface area contributed by atoms with E-state index >= 15 is 0 Å². The fourth-order valence-electron chi connectivity index (χ4n) is 3.00. The van der Waals surface area contributed by atoms with E-state index in [9.17, 15) is 19.7 Å². The number of esters is 1. The van der Waals surface area contributed by atoms with E-state index in [1.807, 2.05) is 0 Å². The van der Waals surface area contributed by atoms with Crippen molar-refractivity contribution in [3.8, 4) is 0 Å². The molecule has 0 saturated heterocycles. The topological polar surface area (TPSA) is 108 Å². The minimum absolute atomic E-state index is 0.0284. The lowest BCUT2D eigenvalue weighted by Gasteiger charge is -2.23. The third-order valence-electron chi connectivity index (χ3n) is 4.08. The maximum atomic E-state index is 12.1. The molecular weight excluding hydrogens is 372 g/mol. The molecule has 3 atom stereocenters. The van der Waals surface area contributed by atoms with Crippen molar-refractivity contribution < 1.29 is 24.0 Å². The van der Waals surface area contributed by atoms with Crippen molar-refractivity contribution in [2.75, 3.05) is 7.11 Å². The lowest BCUT2D eigenvalue weighted by atomic mass is 10.0. The molecule has 1 aromatic carbocycles. The van der Waals surface area contributed by atoms with E-state index in [0.29, 0.717) is 17.7 Å². The third-order valence-corrected chi connectivity index (χ3v) is 5.40. The fraction of sp³-hybridized carbons (Fsp3) is 0.556. The lowest BCUT2D eigenvalue weighted by molar-refractivity contribution is -0.387. The van der Waals surface area contributed by atoms with Gasteiger partial charge >= 0.3 is 12.1 Å². The average Bonchev–Trinajstić information content (AvgIpc) is 2.94. The van der Waals surface area contributed by atoms with Gasteiger partial charge in [0.1, 0.15) is 5.60 Å². The van der Waals surface area contributed by atoms with Crippen LogP contribution in [0.25, 0.3) is 0 Å². The number of rotatable bonds is 5. The summed E-state index contributed by atoms with van der Waals surface area (Å²) in [4.78, 5) is 35.5. The Kier molecular flexibility index (Phi) is 6.69. The molecule has 0 heterocycles. The number of methoxy groups -OCH3 is 1. The van der Waals surface area contributed by atoms with Gasteiger partial charge in [-0.2, -0.15) is 0 Å². The van der Waals surface area contributed by atoms with Crippen LogP contribution in [-0.2, 0) is 14.3 Å². The molecule has 0 spiro atoms. The Labute approximate surface area is 162 Å². The van der Waals surface area contributed by atoms with Gasteiger partial charge in [0.05, 0.1) is 22.8 Å². The van der Waals surface area contributed by atoms with Gasteiger partial charge < -0.3 is 14.8 Å². The summed E-state index contributed by atoms with van der Waals surface area (Å²) < 4.78 is 10.1. The number of alkyl carbamates (subject to hydrolysis) is 1. The molecule has 0 aliphatic heterocycles. The Hall–Kier alpha value is -2.29. The summed E-state index contributed by atoms with van der Waals surface area (Å²) in [5, 5.41) is 13.9. The van der Waals surface area contributed by atoms with Crippen LogP contribution < -0.4 is 5.32 Å². The normalized spacial score (nSPS) is 22.1. The molecule has 9 heteroatoms. The molecule has 2 rings (SSSR count). The summed E-state index contributed by atoms with van der Waals surface area (Å²) in [6, 6.07) is 6.03. The first-order valence-electron chi connectivity index (χ1n) is 8.58. The van der Waals surface area contributed by atoms with Crippen molar-refractivity contribution in [1.82, 2.24) is 5.32 Å². The number of amides is 1. The van der Waals surface area contributed by atoms with Gasteiger partial charge in [-0.3, -0.25) is 14.9 Å². The molecule has 1 fully saturated rings. The number of thioether (sulfide) groups is 1. The predicted octanol–water partition coefficient (Wildman–Crippen LogP) is 3.53. The van der Waals surface area contributed by atoms with Gasteiger partial charge in [0.15, 0.2) is 0 Å². The molecule has 0 bridgehead atoms. The van der Waals surface area contributed by atoms with E-state index in [2.05, 4.69) is 5.32 Å². The van der Waals surface area contributed by atoms with Crippen LogP contribution in [0.15, 0.2) is 29.2 Å². The summed E-state index contributed by atoms with van der Waals surface area (Å²) in [6.45, 7) is 5.27. The highest BCUT2D eigenvalue weighted by Gasteiger charge is 2.41. The number of carbonyl (C=O) groups is 2. The van der Waals surface area contributed by atoms with Crippen LogP contribution in [0.5, 0.6) is 0 Å². The first kappa shape index (κ1) is 21.0. The minimum atomic E-state index is -0.651. The van der Waals surface area contributed by atoms with Gasteiger partial charge in [0.25, 0.3) is 5.69 Å². The highest BCUT2D eigenvalue weighted by molar-refractivity contribution is 8.00. The van der Waals surface area contributed by atoms with Crippen molar-refractivity contribution in [3.63, 3.8) is 0 Å². The Morgan fingerprint density at radius 3 is 2.52 bits per heavy atom. The summed E-state index contributed by atoms with van der Waals surface area (Å²) in [5.41, 5.74) is -0.622. The zero-order valence-corrected chi connectivity index (χ0v) is 16.6. The Morgan fingerprint density at radius 1 is 1.26 bits per heavy atom. The van der Waals surface area contributed by atoms with Gasteiger partial charge in [-0.05, 0) is 39.7 Å². The van der Waals surface area contributed by atoms with Crippen LogP contribution in [0.3, 0.4) is 0 Å². The number of hydrogen-bond donors (Lipinski definition) is 1. The van der Waals surface area contributed by atoms with Gasteiger partial charge in [-0.15, -0.1) is 11.8 Å². The number of nitro benzene ring substituents is 1. The molecule has 1 aliphatic carbocycles. The van der Waals surface area contributed by atoms with E-state index in [0.717, 1.165) is 0 Å². The fourth-order valence-corrected chi connectivity index (χ4v) is 4.39. The largest absolute Gasteiger partial charge is 0.469 e. The van der Waals surface area contributed by atoms with E-state index in [4.69, 9.17) is 9.47 Å². The van der Waals surface area contributed by atoms with Crippen LogP contribution in [0.2, 0.25) is 0 Å². The van der Waals surface area contributed by atoms with Crippen LogP contribution >= 0.6 is 11.8 Å². The van der Waals surface area contributed by atoms with Crippen LogP contribution in [0.4, 0.5) is 10.5 Å². The minimum Gasteiger partial charge on any atom is -0.469 e. The number of benzene rings is 1. The average molecular weight is 396 g/mol. The zero-order valence-electron chi connectivity index (χ0n) is 15.8. The molecule has 8 nitrogen and oxygen atoms in total. The zero-order chi connectivity index (χ0) is 20.2. The first-order chi connectivity index (χ1) is 12.6. The quantitative estimate of drug-likeness (QED) is 0.461. The number of ether oxygens (including phenoxy) is 2. The van der Waals surface area contributed by atoms with Crippen molar-refractivity contribution >= 4 is 29.5 Å². The Bertz CT molecular complexity index is 718. The lowest BCUT2D eigenvalue weighted by Crippen LogP contribution is -2.43. The van der Waals surface area contributed by atoms with Crippen molar-refractivity contribution in [2.24, 2.45) is 5.92 Å². The summed E-state index contributed by atoms with van der Waals surface area (Å²) in [6.07, 6.45) is 0.331. The SMILES string of the molecule is COC(=O)[C@@H]1CC(Sc2ccccc2[N+](=O)[O-])C[C@@H]1NC(=O)OC(C)(C)C. The Balaban J connectivity index is 2.12. The summed E-state index contributed by atoms with van der Waals surface area (Å²) >= 11 is 1.34. The molecule has 0 aromatic heterocycles. The number of nitrogens with one attached hydrogen (secondary N) is 1. The predicted molar refractivity (Wildman–Crippen MR) is 101 cm³/mol. The van der Waals surface area contributed by atoms with Crippen molar-refractivity contribution in [3.05, 3.63) is 34.4 Å². The molecular formula is C18H24N2O6S. The number of nitro groups is 1. The molecule has 1 unspecified atom stereocenters. The van der Waals surface area contributed by atoms with Crippen LogP contribution in [-0.4, -0.2) is 41.0 Å². The highest BCUT2D eigenvalue weighted by atomic mass is 32.2. The maximum Gasteiger partial charge on any atom is 0.407 e. The van der Waals surface area contributed by atoms with E-state index in [1.165, 1.54) is 24.9 Å².